The van der Waals surface area contributed by atoms with E-state index in [4.69, 9.17) is 10.00 Å². The van der Waals surface area contributed by atoms with Crippen LogP contribution in [0, 0.1) is 11.3 Å². The Kier molecular flexibility index (Phi) is 4.13. The smallest absolute Gasteiger partial charge is 0.417 e. The van der Waals surface area contributed by atoms with Crippen molar-refractivity contribution in [3.05, 3.63) is 47.8 Å². The third-order valence-electron chi connectivity index (χ3n) is 3.02. The number of halogens is 3. The van der Waals surface area contributed by atoms with Crippen molar-refractivity contribution in [3.63, 3.8) is 0 Å². The number of nitriles is 1. The molecule has 0 spiro atoms. The van der Waals surface area contributed by atoms with Crippen LogP contribution in [0.25, 0.3) is 11.1 Å². The molecule has 3 nitrogen and oxygen atoms in total. The fourth-order valence-electron chi connectivity index (χ4n) is 2.10. The number of hydrogen-bond acceptors (Lipinski definition) is 3. The maximum Gasteiger partial charge on any atom is 0.417 e. The van der Waals surface area contributed by atoms with Crippen molar-refractivity contribution in [2.75, 3.05) is 7.11 Å². The van der Waals surface area contributed by atoms with Gasteiger partial charge in [-0.1, -0.05) is 18.2 Å². The summed E-state index contributed by atoms with van der Waals surface area (Å²) in [6.45, 7) is 0. The minimum Gasteiger partial charge on any atom is -0.495 e. The fraction of sp³-hybridized carbons (Fsp3) is 0.200. The Labute approximate surface area is 119 Å². The summed E-state index contributed by atoms with van der Waals surface area (Å²) >= 11 is 0. The van der Waals surface area contributed by atoms with Gasteiger partial charge >= 0.3 is 6.18 Å². The lowest BCUT2D eigenvalue weighted by Crippen LogP contribution is -2.08. The summed E-state index contributed by atoms with van der Waals surface area (Å²) in [5.74, 6) is 0.297. The normalized spacial score (nSPS) is 11.0. The quantitative estimate of drug-likeness (QED) is 0.863. The molecule has 1 heterocycles. The van der Waals surface area contributed by atoms with Gasteiger partial charge < -0.3 is 4.74 Å². The Hall–Kier alpha value is -2.55. The minimum absolute atomic E-state index is 0.0124. The summed E-state index contributed by atoms with van der Waals surface area (Å²) < 4.78 is 44.4. The molecule has 1 aromatic heterocycles. The van der Waals surface area contributed by atoms with Crippen LogP contribution in [0.3, 0.4) is 0 Å². The lowest BCUT2D eigenvalue weighted by atomic mass is 9.95. The van der Waals surface area contributed by atoms with Gasteiger partial charge in [0.05, 0.1) is 31.4 Å². The van der Waals surface area contributed by atoms with Crippen LogP contribution in [-0.4, -0.2) is 12.1 Å². The summed E-state index contributed by atoms with van der Waals surface area (Å²) in [4.78, 5) is 3.90. The maximum atomic E-state index is 13.1. The summed E-state index contributed by atoms with van der Waals surface area (Å²) in [5, 5.41) is 8.89. The van der Waals surface area contributed by atoms with Crippen molar-refractivity contribution < 1.29 is 17.9 Å². The van der Waals surface area contributed by atoms with Crippen molar-refractivity contribution in [2.45, 2.75) is 12.6 Å². The molecule has 0 saturated heterocycles. The van der Waals surface area contributed by atoms with E-state index < -0.39 is 11.7 Å². The molecule has 108 valence electrons. The molecule has 1 aromatic carbocycles. The van der Waals surface area contributed by atoms with Crippen LogP contribution >= 0.6 is 0 Å². The topological polar surface area (TPSA) is 45.9 Å². The fourth-order valence-corrected chi connectivity index (χ4v) is 2.10. The molecular weight excluding hydrogens is 281 g/mol. The molecule has 0 atom stereocenters. The average molecular weight is 292 g/mol. The number of methoxy groups -OCH3 is 1. The van der Waals surface area contributed by atoms with Gasteiger partial charge in [-0.2, -0.15) is 18.4 Å². The van der Waals surface area contributed by atoms with E-state index in [2.05, 4.69) is 4.98 Å². The van der Waals surface area contributed by atoms with E-state index in [0.717, 1.165) is 6.07 Å². The first-order chi connectivity index (χ1) is 9.99. The summed E-state index contributed by atoms with van der Waals surface area (Å²) in [6.07, 6.45) is -1.84. The molecule has 0 bridgehead atoms. The number of rotatable bonds is 3. The molecule has 0 unspecified atom stereocenters. The molecule has 0 radical (unpaired) electrons. The van der Waals surface area contributed by atoms with Gasteiger partial charge in [0.15, 0.2) is 0 Å². The molecule has 0 amide bonds. The minimum atomic E-state index is -4.48. The first kappa shape index (κ1) is 14.9. The second-order valence-corrected chi connectivity index (χ2v) is 4.25. The van der Waals surface area contributed by atoms with Gasteiger partial charge in [0.2, 0.25) is 0 Å². The molecule has 6 heteroatoms. The lowest BCUT2D eigenvalue weighted by molar-refractivity contribution is -0.137. The Balaban J connectivity index is 2.71. The van der Waals surface area contributed by atoms with Crippen LogP contribution < -0.4 is 4.74 Å². The summed E-state index contributed by atoms with van der Waals surface area (Å²) in [6, 6.07) is 7.14. The van der Waals surface area contributed by atoms with Gasteiger partial charge in [0, 0.05) is 17.3 Å². The zero-order valence-corrected chi connectivity index (χ0v) is 11.1. The number of alkyl halides is 3. The third kappa shape index (κ3) is 2.97. The average Bonchev–Trinajstić information content (AvgIpc) is 2.47. The van der Waals surface area contributed by atoms with Crippen molar-refractivity contribution in [3.8, 4) is 22.9 Å². The number of pyridine rings is 1. The van der Waals surface area contributed by atoms with E-state index in [1.165, 1.54) is 37.7 Å². The van der Waals surface area contributed by atoms with Gasteiger partial charge in [-0.05, 0) is 11.6 Å². The Morgan fingerprint density at radius 3 is 2.52 bits per heavy atom. The Bertz CT molecular complexity index is 690. The van der Waals surface area contributed by atoms with Gasteiger partial charge in [-0.25, -0.2) is 0 Å². The van der Waals surface area contributed by atoms with Crippen molar-refractivity contribution >= 4 is 0 Å². The van der Waals surface area contributed by atoms with Crippen molar-refractivity contribution in [1.29, 1.82) is 5.26 Å². The predicted octanol–water partition coefficient (Wildman–Crippen LogP) is 3.84. The van der Waals surface area contributed by atoms with Crippen LogP contribution in [0.4, 0.5) is 13.2 Å². The highest BCUT2D eigenvalue weighted by Crippen LogP contribution is 2.39. The number of nitrogens with zero attached hydrogens (tertiary/aromatic N) is 2. The van der Waals surface area contributed by atoms with Crippen LogP contribution in [0.1, 0.15) is 11.1 Å². The second kappa shape index (κ2) is 5.83. The monoisotopic (exact) mass is 292 g/mol. The molecule has 2 rings (SSSR count). The van der Waals surface area contributed by atoms with Gasteiger partial charge in [-0.15, -0.1) is 0 Å². The molecular formula is C15H11F3N2O. The summed E-state index contributed by atoms with van der Waals surface area (Å²) in [5.41, 5.74) is -0.128. The van der Waals surface area contributed by atoms with E-state index in [0.29, 0.717) is 11.3 Å². The zero-order valence-electron chi connectivity index (χ0n) is 11.1. The van der Waals surface area contributed by atoms with E-state index in [1.54, 1.807) is 0 Å². The van der Waals surface area contributed by atoms with Gasteiger partial charge in [0.1, 0.15) is 5.75 Å². The molecule has 0 aliphatic heterocycles. The van der Waals surface area contributed by atoms with Crippen LogP contribution in [-0.2, 0) is 12.6 Å². The van der Waals surface area contributed by atoms with Gasteiger partial charge in [-0.3, -0.25) is 4.98 Å². The lowest BCUT2D eigenvalue weighted by Gasteiger charge is -2.16. The number of hydrogen-bond donors (Lipinski definition) is 0. The highest BCUT2D eigenvalue weighted by molar-refractivity contribution is 5.73. The highest BCUT2D eigenvalue weighted by Gasteiger charge is 2.34. The number of ether oxygens (including phenoxy) is 1. The molecule has 21 heavy (non-hydrogen) atoms. The van der Waals surface area contributed by atoms with E-state index in [-0.39, 0.29) is 17.5 Å². The highest BCUT2D eigenvalue weighted by atomic mass is 19.4. The zero-order chi connectivity index (χ0) is 15.5. The van der Waals surface area contributed by atoms with Crippen LogP contribution in [0.2, 0.25) is 0 Å². The molecule has 0 N–H and O–H groups in total. The predicted molar refractivity (Wildman–Crippen MR) is 70.5 cm³/mol. The van der Waals surface area contributed by atoms with E-state index in [1.807, 2.05) is 6.07 Å². The van der Waals surface area contributed by atoms with Crippen molar-refractivity contribution in [2.24, 2.45) is 0 Å². The number of aromatic nitrogens is 1. The Morgan fingerprint density at radius 1 is 1.19 bits per heavy atom. The van der Waals surface area contributed by atoms with Crippen LogP contribution in [0.15, 0.2) is 36.7 Å². The third-order valence-corrected chi connectivity index (χ3v) is 3.02. The van der Waals surface area contributed by atoms with Crippen LogP contribution in [0.5, 0.6) is 5.75 Å². The molecule has 0 fully saturated rings. The van der Waals surface area contributed by atoms with Gasteiger partial charge in [0.25, 0.3) is 0 Å². The standard InChI is InChI=1S/C15H11F3N2O/c1-21-14-9-20-8-12(11(14)6-7-19)10-4-2-3-5-13(10)15(16,17)18/h2-5,8-9H,6H2,1H3. The second-order valence-electron chi connectivity index (χ2n) is 4.25. The summed E-state index contributed by atoms with van der Waals surface area (Å²) in [7, 11) is 1.39. The first-order valence-corrected chi connectivity index (χ1v) is 6.03. The van der Waals surface area contributed by atoms with E-state index >= 15 is 0 Å². The molecule has 0 aliphatic rings. The van der Waals surface area contributed by atoms with E-state index in [9.17, 15) is 13.2 Å². The molecule has 2 aromatic rings. The molecule has 0 saturated carbocycles. The Morgan fingerprint density at radius 2 is 1.90 bits per heavy atom. The largest absolute Gasteiger partial charge is 0.495 e. The molecule has 0 aliphatic carbocycles. The number of benzene rings is 1. The van der Waals surface area contributed by atoms with Crippen molar-refractivity contribution in [1.82, 2.24) is 4.98 Å². The first-order valence-electron chi connectivity index (χ1n) is 6.03. The maximum absolute atomic E-state index is 13.1. The SMILES string of the molecule is COc1cncc(-c2ccccc2C(F)(F)F)c1CC#N.